The van der Waals surface area contributed by atoms with Gasteiger partial charge in [0.05, 0.1) is 5.76 Å². The second-order valence-electron chi connectivity index (χ2n) is 2.28. The van der Waals surface area contributed by atoms with Gasteiger partial charge in [-0.15, -0.1) is 0 Å². The molecule has 0 unspecified atom stereocenters. The Balaban J connectivity index is 3.82. The minimum Gasteiger partial charge on any atom is -0.513 e. The van der Waals surface area contributed by atoms with Crippen molar-refractivity contribution in [1.82, 2.24) is 0 Å². The van der Waals surface area contributed by atoms with Crippen LogP contribution in [0.1, 0.15) is 26.7 Å². The lowest BCUT2D eigenvalue weighted by Gasteiger charge is -1.92. The number of hydrogen-bond acceptors (Lipinski definition) is 2. The third-order valence-corrected chi connectivity index (χ3v) is 1.04. The normalized spacial score (nSPS) is 13.8. The van der Waals surface area contributed by atoms with E-state index in [2.05, 4.69) is 6.92 Å². The van der Waals surface area contributed by atoms with Crippen LogP contribution >= 0.6 is 0 Å². The maximum absolute atomic E-state index is 8.76. The van der Waals surface area contributed by atoms with Gasteiger partial charge in [0.2, 0.25) is 0 Å². The summed E-state index contributed by atoms with van der Waals surface area (Å²) < 4.78 is 0. The van der Waals surface area contributed by atoms with Gasteiger partial charge in [0.15, 0.2) is 0 Å². The molecule has 0 aliphatic carbocycles. The third-order valence-electron chi connectivity index (χ3n) is 1.04. The molecule has 0 aromatic heterocycles. The Morgan fingerprint density at radius 1 is 1.60 bits per heavy atom. The second-order valence-corrected chi connectivity index (χ2v) is 2.28. The van der Waals surface area contributed by atoms with Gasteiger partial charge in [-0.2, -0.15) is 0 Å². The van der Waals surface area contributed by atoms with Crippen molar-refractivity contribution < 1.29 is 5.11 Å². The van der Waals surface area contributed by atoms with Crippen molar-refractivity contribution in [1.29, 1.82) is 0 Å². The number of aliphatic hydroxyl groups excluding tert-OH is 1. The molecule has 0 aromatic rings. The highest BCUT2D eigenvalue weighted by Crippen LogP contribution is 1.96. The molecule has 0 saturated carbocycles. The molecule has 0 amide bonds. The maximum Gasteiger partial charge on any atom is 0.0912 e. The van der Waals surface area contributed by atoms with E-state index in [0.717, 1.165) is 12.8 Å². The number of nitrogens with two attached hydrogens (primary N) is 1. The molecule has 0 saturated heterocycles. The van der Waals surface area contributed by atoms with Crippen molar-refractivity contribution in [3.8, 4) is 0 Å². The van der Waals surface area contributed by atoms with Crippen LogP contribution in [-0.2, 0) is 0 Å². The van der Waals surface area contributed by atoms with Crippen molar-refractivity contribution in [3.63, 3.8) is 0 Å². The highest BCUT2D eigenvalue weighted by molar-refractivity contribution is 5.15. The molecular weight excluding hydrogens is 126 g/mol. The summed E-state index contributed by atoms with van der Waals surface area (Å²) in [6, 6.07) is 0. The molecule has 2 heteroatoms. The molecule has 3 N–H and O–H groups in total. The van der Waals surface area contributed by atoms with Gasteiger partial charge in [0.1, 0.15) is 0 Å². The van der Waals surface area contributed by atoms with E-state index >= 15 is 0 Å². The first-order chi connectivity index (χ1) is 4.66. The summed E-state index contributed by atoms with van der Waals surface area (Å²) >= 11 is 0. The van der Waals surface area contributed by atoms with E-state index in [4.69, 9.17) is 10.8 Å². The van der Waals surface area contributed by atoms with Gasteiger partial charge in [0.25, 0.3) is 0 Å². The van der Waals surface area contributed by atoms with Crippen molar-refractivity contribution in [2.45, 2.75) is 26.7 Å². The molecule has 0 rings (SSSR count). The van der Waals surface area contributed by atoms with E-state index in [0.29, 0.717) is 5.70 Å². The van der Waals surface area contributed by atoms with Gasteiger partial charge in [-0.25, -0.2) is 0 Å². The predicted octanol–water partition coefficient (Wildman–Crippen LogP) is 2.09. The van der Waals surface area contributed by atoms with E-state index in [1.54, 1.807) is 13.0 Å². The maximum atomic E-state index is 8.76. The number of allylic oxidation sites excluding steroid dienone is 3. The van der Waals surface area contributed by atoms with E-state index in [9.17, 15) is 0 Å². The Kier molecular flexibility index (Phi) is 4.46. The Morgan fingerprint density at radius 2 is 2.20 bits per heavy atom. The van der Waals surface area contributed by atoms with Gasteiger partial charge >= 0.3 is 0 Å². The van der Waals surface area contributed by atoms with Crippen LogP contribution < -0.4 is 5.73 Å². The van der Waals surface area contributed by atoms with Gasteiger partial charge in [0, 0.05) is 5.70 Å². The summed E-state index contributed by atoms with van der Waals surface area (Å²) in [6.07, 6.45) is 5.50. The molecule has 0 radical (unpaired) electrons. The van der Waals surface area contributed by atoms with Crippen LogP contribution in [0.5, 0.6) is 0 Å². The van der Waals surface area contributed by atoms with Crippen molar-refractivity contribution in [2.75, 3.05) is 0 Å². The summed E-state index contributed by atoms with van der Waals surface area (Å²) in [5.41, 5.74) is 6.13. The Morgan fingerprint density at radius 3 is 2.60 bits per heavy atom. The van der Waals surface area contributed by atoms with E-state index in [-0.39, 0.29) is 5.76 Å². The molecule has 0 heterocycles. The van der Waals surface area contributed by atoms with E-state index in [1.807, 2.05) is 6.08 Å². The first-order valence-corrected chi connectivity index (χ1v) is 3.49. The van der Waals surface area contributed by atoms with Gasteiger partial charge in [-0.1, -0.05) is 19.4 Å². The molecule has 10 heavy (non-hydrogen) atoms. The van der Waals surface area contributed by atoms with Crippen LogP contribution in [0.2, 0.25) is 0 Å². The molecule has 0 aliphatic heterocycles. The lowest BCUT2D eigenvalue weighted by Crippen LogP contribution is -1.93. The zero-order valence-electron chi connectivity index (χ0n) is 6.59. The topological polar surface area (TPSA) is 46.2 Å². The lowest BCUT2D eigenvalue weighted by atomic mass is 10.2. The highest BCUT2D eigenvalue weighted by Gasteiger charge is 1.83. The van der Waals surface area contributed by atoms with E-state index in [1.165, 1.54) is 0 Å². The Hall–Kier alpha value is -0.920. The zero-order chi connectivity index (χ0) is 7.98. The van der Waals surface area contributed by atoms with Gasteiger partial charge in [-0.05, 0) is 19.4 Å². The quantitative estimate of drug-likeness (QED) is 0.467. The van der Waals surface area contributed by atoms with Crippen LogP contribution in [0.15, 0.2) is 23.6 Å². The average molecular weight is 141 g/mol. The molecule has 0 aromatic carbocycles. The fourth-order valence-corrected chi connectivity index (χ4v) is 0.611. The van der Waals surface area contributed by atoms with Crippen LogP contribution in [0.25, 0.3) is 0 Å². The fraction of sp³-hybridized carbons (Fsp3) is 0.500. The van der Waals surface area contributed by atoms with Crippen LogP contribution in [-0.4, -0.2) is 5.11 Å². The summed E-state index contributed by atoms with van der Waals surface area (Å²) in [4.78, 5) is 0. The standard InChI is InChI=1S/C8H15NO/c1-3-4-5-8(9)6-7(2)10/h5-6,10H,3-4,9H2,1-2H3/b7-6-,8-5-. The SMILES string of the molecule is CCC/C=C(N)/C=C(/C)O. The van der Waals surface area contributed by atoms with Gasteiger partial charge in [-0.3, -0.25) is 0 Å². The molecule has 2 nitrogen and oxygen atoms in total. The Bertz CT molecular complexity index is 143. The first-order valence-electron chi connectivity index (χ1n) is 3.49. The van der Waals surface area contributed by atoms with E-state index < -0.39 is 0 Å². The van der Waals surface area contributed by atoms with Crippen molar-refractivity contribution >= 4 is 0 Å². The number of hydrogen-bond donors (Lipinski definition) is 2. The largest absolute Gasteiger partial charge is 0.513 e. The molecule has 0 atom stereocenters. The molecule has 0 fully saturated rings. The third kappa shape index (κ3) is 5.22. The minimum absolute atomic E-state index is 0.254. The minimum atomic E-state index is 0.254. The summed E-state index contributed by atoms with van der Waals surface area (Å²) in [5, 5.41) is 8.76. The average Bonchev–Trinajstić information content (AvgIpc) is 1.82. The Labute approximate surface area is 62.0 Å². The number of rotatable bonds is 3. The fourth-order valence-electron chi connectivity index (χ4n) is 0.611. The zero-order valence-corrected chi connectivity index (χ0v) is 6.59. The van der Waals surface area contributed by atoms with Crippen molar-refractivity contribution in [3.05, 3.63) is 23.6 Å². The first kappa shape index (κ1) is 9.08. The molecular formula is C8H15NO. The molecule has 0 spiro atoms. The monoisotopic (exact) mass is 141 g/mol. The van der Waals surface area contributed by atoms with Crippen LogP contribution in [0.4, 0.5) is 0 Å². The lowest BCUT2D eigenvalue weighted by molar-refractivity contribution is 0.414. The smallest absolute Gasteiger partial charge is 0.0912 e. The number of aliphatic hydroxyl groups is 1. The number of unbranched alkanes of at least 4 members (excludes halogenated alkanes) is 1. The summed E-state index contributed by atoms with van der Waals surface area (Å²) in [7, 11) is 0. The summed E-state index contributed by atoms with van der Waals surface area (Å²) in [5.74, 6) is 0.254. The molecule has 58 valence electrons. The molecule has 0 bridgehead atoms. The highest BCUT2D eigenvalue weighted by atomic mass is 16.3. The summed E-state index contributed by atoms with van der Waals surface area (Å²) in [6.45, 7) is 3.69. The van der Waals surface area contributed by atoms with Gasteiger partial charge < -0.3 is 10.8 Å². The van der Waals surface area contributed by atoms with Crippen LogP contribution in [0, 0.1) is 0 Å². The second kappa shape index (κ2) is 4.91. The van der Waals surface area contributed by atoms with Crippen LogP contribution in [0.3, 0.4) is 0 Å². The predicted molar refractivity (Wildman–Crippen MR) is 43.6 cm³/mol. The van der Waals surface area contributed by atoms with Crippen molar-refractivity contribution in [2.24, 2.45) is 5.73 Å². The molecule has 0 aliphatic rings.